The lowest BCUT2D eigenvalue weighted by Crippen LogP contribution is -2.31. The third-order valence-electron chi connectivity index (χ3n) is 2.70. The maximum Gasteiger partial charge on any atom is 0.490 e. The molecule has 158 valence electrons. The van der Waals surface area contributed by atoms with E-state index in [2.05, 4.69) is 5.32 Å². The number of carbonyl (C=O) groups excluding carboxylic acids is 1. The van der Waals surface area contributed by atoms with Crippen LogP contribution >= 0.6 is 21.6 Å². The number of halogens is 3. The van der Waals surface area contributed by atoms with Crippen LogP contribution in [0.4, 0.5) is 13.2 Å². The highest BCUT2D eigenvalue weighted by Crippen LogP contribution is 2.21. The molecule has 0 bridgehead atoms. The predicted molar refractivity (Wildman–Crippen MR) is 97.6 cm³/mol. The number of carboxylic acids is 2. The Morgan fingerprint density at radius 1 is 1.14 bits per heavy atom. The van der Waals surface area contributed by atoms with E-state index in [1.165, 1.54) is 21.6 Å². The van der Waals surface area contributed by atoms with E-state index in [-0.39, 0.29) is 12.0 Å². The minimum Gasteiger partial charge on any atom is -0.481 e. The summed E-state index contributed by atoms with van der Waals surface area (Å²) in [6.07, 6.45) is -4.96. The first kappa shape index (κ1) is 25.9. The van der Waals surface area contributed by atoms with Gasteiger partial charge in [-0.1, -0.05) is 21.6 Å². The van der Waals surface area contributed by atoms with Crippen LogP contribution in [0.3, 0.4) is 0 Å². The van der Waals surface area contributed by atoms with Crippen molar-refractivity contribution in [3.8, 4) is 0 Å². The molecule has 1 heterocycles. The van der Waals surface area contributed by atoms with Crippen LogP contribution < -0.4 is 10.9 Å². The number of amides is 1. The summed E-state index contributed by atoms with van der Waals surface area (Å²) in [5.41, 5.74) is -0.0117. The molecule has 0 radical (unpaired) electrons. The molecule has 28 heavy (non-hydrogen) atoms. The first-order chi connectivity index (χ1) is 12.9. The van der Waals surface area contributed by atoms with E-state index in [0.717, 1.165) is 0 Å². The Bertz CT molecular complexity index is 750. The molecule has 0 atom stereocenters. The molecule has 1 rings (SSSR count). The maximum absolute atomic E-state index is 11.9. The van der Waals surface area contributed by atoms with Crippen molar-refractivity contribution in [3.05, 3.63) is 33.4 Å². The van der Waals surface area contributed by atoms with Gasteiger partial charge in [-0.15, -0.1) is 0 Å². The molecule has 1 amide bonds. The lowest BCUT2D eigenvalue weighted by atomic mass is 10.1. The molecule has 0 fully saturated rings. The maximum atomic E-state index is 11.9. The Hall–Kier alpha value is -2.15. The highest BCUT2D eigenvalue weighted by atomic mass is 33.1. The molecule has 0 aliphatic rings. The van der Waals surface area contributed by atoms with Gasteiger partial charge in [0.15, 0.2) is 0 Å². The summed E-state index contributed by atoms with van der Waals surface area (Å²) < 4.78 is 36.6. The number of nitrogens with one attached hydrogen (secondary N) is 1. The molecule has 0 unspecified atom stereocenters. The zero-order valence-corrected chi connectivity index (χ0v) is 16.4. The number of alkyl halides is 3. The summed E-state index contributed by atoms with van der Waals surface area (Å²) in [4.78, 5) is 42.8. The molecule has 13 heteroatoms. The summed E-state index contributed by atoms with van der Waals surface area (Å²) in [6.45, 7) is 3.74. The van der Waals surface area contributed by atoms with Crippen LogP contribution in [0.5, 0.6) is 0 Å². The fourth-order valence-corrected chi connectivity index (χ4v) is 3.46. The molecule has 0 aromatic carbocycles. The van der Waals surface area contributed by atoms with E-state index in [0.29, 0.717) is 29.4 Å². The van der Waals surface area contributed by atoms with Gasteiger partial charge in [0.05, 0.1) is 6.42 Å². The number of aryl methyl sites for hydroxylation is 2. The first-order valence-electron chi connectivity index (χ1n) is 7.52. The molecular weight excluding hydrogens is 427 g/mol. The lowest BCUT2D eigenvalue weighted by molar-refractivity contribution is -0.192. The highest BCUT2D eigenvalue weighted by molar-refractivity contribution is 8.76. The predicted octanol–water partition coefficient (Wildman–Crippen LogP) is 2.48. The van der Waals surface area contributed by atoms with Gasteiger partial charge >= 0.3 is 23.7 Å². The third kappa shape index (κ3) is 10.9. The number of rotatable bonds is 8. The van der Waals surface area contributed by atoms with Gasteiger partial charge in [-0.2, -0.15) is 13.2 Å². The van der Waals surface area contributed by atoms with E-state index in [9.17, 15) is 27.6 Å². The van der Waals surface area contributed by atoms with Crippen LogP contribution in [-0.2, 0) is 9.59 Å². The van der Waals surface area contributed by atoms with Crippen LogP contribution in [0.1, 0.15) is 28.1 Å². The van der Waals surface area contributed by atoms with Crippen molar-refractivity contribution in [3.63, 3.8) is 0 Å². The van der Waals surface area contributed by atoms with Crippen molar-refractivity contribution in [2.45, 2.75) is 26.4 Å². The van der Waals surface area contributed by atoms with Gasteiger partial charge in [0.1, 0.15) is 11.3 Å². The van der Waals surface area contributed by atoms with Crippen LogP contribution in [0.25, 0.3) is 0 Å². The van der Waals surface area contributed by atoms with Gasteiger partial charge in [0.25, 0.3) is 5.91 Å². The molecular formula is C15H18F3NO7S2. The topological polar surface area (TPSA) is 134 Å². The Morgan fingerprint density at radius 3 is 2.14 bits per heavy atom. The summed E-state index contributed by atoms with van der Waals surface area (Å²) in [5.74, 6) is -2.40. The minimum atomic E-state index is -5.08. The van der Waals surface area contributed by atoms with Gasteiger partial charge in [-0.3, -0.25) is 9.59 Å². The van der Waals surface area contributed by atoms with E-state index >= 15 is 0 Å². The fourth-order valence-electron chi connectivity index (χ4n) is 1.58. The molecule has 1 aromatic rings. The monoisotopic (exact) mass is 445 g/mol. The molecule has 0 saturated carbocycles. The zero-order valence-electron chi connectivity index (χ0n) is 14.8. The standard InChI is InChI=1S/C13H17NO5S2.C2HF3O2/c1-8-7-9(2)19-13(18)11(8)12(17)14-4-6-21-20-5-3-10(15)16;3-2(4,5)1(6)7/h7H,3-6H2,1-2H3,(H,14,17)(H,15,16);(H,6,7). The van der Waals surface area contributed by atoms with Gasteiger partial charge in [0.2, 0.25) is 0 Å². The van der Waals surface area contributed by atoms with E-state index in [1.807, 2.05) is 0 Å². The smallest absolute Gasteiger partial charge is 0.481 e. The molecule has 3 N–H and O–H groups in total. The molecule has 1 aromatic heterocycles. The van der Waals surface area contributed by atoms with Gasteiger partial charge in [-0.25, -0.2) is 9.59 Å². The Balaban J connectivity index is 0.000000887. The van der Waals surface area contributed by atoms with Crippen LogP contribution in [-0.4, -0.2) is 52.3 Å². The van der Waals surface area contributed by atoms with E-state index in [1.54, 1.807) is 19.9 Å². The lowest BCUT2D eigenvalue weighted by Gasteiger charge is -2.06. The highest BCUT2D eigenvalue weighted by Gasteiger charge is 2.38. The van der Waals surface area contributed by atoms with E-state index < -0.39 is 29.6 Å². The second-order valence-electron chi connectivity index (χ2n) is 5.05. The normalized spacial score (nSPS) is 10.6. The van der Waals surface area contributed by atoms with Gasteiger partial charge in [-0.05, 0) is 25.5 Å². The number of hydrogen-bond donors (Lipinski definition) is 3. The molecule has 0 spiro atoms. The average molecular weight is 445 g/mol. The number of hydrogen-bond acceptors (Lipinski definition) is 7. The van der Waals surface area contributed by atoms with Gasteiger partial charge in [0, 0.05) is 18.1 Å². The number of aliphatic carboxylic acids is 2. The molecule has 0 saturated heterocycles. The second-order valence-corrected chi connectivity index (χ2v) is 7.75. The Labute approximate surface area is 165 Å². The van der Waals surface area contributed by atoms with Crippen molar-refractivity contribution in [1.82, 2.24) is 5.32 Å². The third-order valence-corrected chi connectivity index (χ3v) is 5.10. The van der Waals surface area contributed by atoms with Crippen molar-refractivity contribution in [2.24, 2.45) is 0 Å². The average Bonchev–Trinajstić information content (AvgIpc) is 2.52. The summed E-state index contributed by atoms with van der Waals surface area (Å²) in [7, 11) is 2.92. The van der Waals surface area contributed by atoms with Gasteiger partial charge < -0.3 is 19.9 Å². The van der Waals surface area contributed by atoms with Crippen LogP contribution in [0.15, 0.2) is 15.3 Å². The van der Waals surface area contributed by atoms with E-state index in [4.69, 9.17) is 19.4 Å². The minimum absolute atomic E-state index is 0.0316. The van der Waals surface area contributed by atoms with Crippen molar-refractivity contribution in [1.29, 1.82) is 0 Å². The Morgan fingerprint density at radius 2 is 1.68 bits per heavy atom. The number of carboxylic acid groups (broad SMARTS) is 2. The summed E-state index contributed by atoms with van der Waals surface area (Å²) in [5, 5.41) is 18.2. The number of carbonyl (C=O) groups is 3. The SMILES string of the molecule is Cc1cc(C)c(C(=O)NCCSSCCC(=O)O)c(=O)o1.O=C(O)C(F)(F)F. The van der Waals surface area contributed by atoms with Crippen molar-refractivity contribution >= 4 is 39.4 Å². The van der Waals surface area contributed by atoms with Crippen LogP contribution in [0, 0.1) is 13.8 Å². The summed E-state index contributed by atoms with van der Waals surface area (Å²) in [6, 6.07) is 1.65. The van der Waals surface area contributed by atoms with Crippen molar-refractivity contribution < 1.29 is 42.2 Å². The molecule has 8 nitrogen and oxygen atoms in total. The molecule has 0 aliphatic heterocycles. The largest absolute Gasteiger partial charge is 0.490 e. The summed E-state index contributed by atoms with van der Waals surface area (Å²) >= 11 is 0. The van der Waals surface area contributed by atoms with Crippen molar-refractivity contribution in [2.75, 3.05) is 18.1 Å². The quantitative estimate of drug-likeness (QED) is 0.407. The Kier molecular flexibility index (Phi) is 11.4. The second kappa shape index (κ2) is 12.3. The molecule has 0 aliphatic carbocycles. The van der Waals surface area contributed by atoms with Crippen LogP contribution in [0.2, 0.25) is 0 Å². The first-order valence-corrected chi connectivity index (χ1v) is 10.0. The zero-order chi connectivity index (χ0) is 21.9. The fraction of sp³-hybridized carbons (Fsp3) is 0.467.